The highest BCUT2D eigenvalue weighted by Crippen LogP contribution is 2.04. The maximum Gasteiger partial charge on any atom is 0.303 e. The molecule has 2 N–H and O–H groups in total. The summed E-state index contributed by atoms with van der Waals surface area (Å²) >= 11 is 0. The molecule has 0 aliphatic carbocycles. The SMILES string of the molecule is CNC(=O)C(C)CCC(=O)O. The Balaban J connectivity index is 3.60. The van der Waals surface area contributed by atoms with Gasteiger partial charge in [-0.25, -0.2) is 0 Å². The van der Waals surface area contributed by atoms with Gasteiger partial charge in [0, 0.05) is 19.4 Å². The van der Waals surface area contributed by atoms with E-state index in [9.17, 15) is 9.59 Å². The summed E-state index contributed by atoms with van der Waals surface area (Å²) in [6.07, 6.45) is 0.448. The van der Waals surface area contributed by atoms with Gasteiger partial charge in [-0.15, -0.1) is 0 Å². The summed E-state index contributed by atoms with van der Waals surface area (Å²) in [7, 11) is 1.54. The lowest BCUT2D eigenvalue weighted by Crippen LogP contribution is -2.25. The van der Waals surface area contributed by atoms with Crippen LogP contribution in [0.4, 0.5) is 0 Å². The van der Waals surface area contributed by atoms with Crippen LogP contribution in [0.5, 0.6) is 0 Å². The predicted molar refractivity (Wildman–Crippen MR) is 40.1 cm³/mol. The Labute approximate surface area is 65.6 Å². The van der Waals surface area contributed by atoms with Gasteiger partial charge in [-0.05, 0) is 6.42 Å². The van der Waals surface area contributed by atoms with E-state index < -0.39 is 5.97 Å². The third-order valence-corrected chi connectivity index (χ3v) is 1.49. The van der Waals surface area contributed by atoms with Gasteiger partial charge in [-0.3, -0.25) is 9.59 Å². The zero-order chi connectivity index (χ0) is 8.85. The fourth-order valence-corrected chi connectivity index (χ4v) is 0.717. The van der Waals surface area contributed by atoms with E-state index in [0.29, 0.717) is 6.42 Å². The molecule has 11 heavy (non-hydrogen) atoms. The lowest BCUT2D eigenvalue weighted by atomic mass is 10.1. The molecule has 0 aliphatic rings. The van der Waals surface area contributed by atoms with Crippen molar-refractivity contribution in [3.63, 3.8) is 0 Å². The van der Waals surface area contributed by atoms with Crippen molar-refractivity contribution < 1.29 is 14.7 Å². The first-order valence-corrected chi connectivity index (χ1v) is 3.51. The zero-order valence-corrected chi connectivity index (χ0v) is 6.76. The van der Waals surface area contributed by atoms with Crippen molar-refractivity contribution in [2.24, 2.45) is 5.92 Å². The van der Waals surface area contributed by atoms with Gasteiger partial charge in [-0.1, -0.05) is 6.92 Å². The van der Waals surface area contributed by atoms with E-state index in [4.69, 9.17) is 5.11 Å². The van der Waals surface area contributed by atoms with Crippen LogP contribution in [-0.4, -0.2) is 24.0 Å². The Morgan fingerprint density at radius 3 is 2.45 bits per heavy atom. The van der Waals surface area contributed by atoms with Gasteiger partial charge in [0.05, 0.1) is 0 Å². The molecule has 0 aromatic rings. The number of carboxylic acid groups (broad SMARTS) is 1. The highest BCUT2D eigenvalue weighted by Gasteiger charge is 2.11. The molecule has 0 bridgehead atoms. The first-order valence-electron chi connectivity index (χ1n) is 3.51. The molecular formula is C7H13NO3. The third kappa shape index (κ3) is 4.36. The van der Waals surface area contributed by atoms with Crippen LogP contribution < -0.4 is 5.32 Å². The molecule has 0 heterocycles. The highest BCUT2D eigenvalue weighted by molar-refractivity contribution is 5.78. The molecule has 64 valence electrons. The van der Waals surface area contributed by atoms with Crippen molar-refractivity contribution in [2.75, 3.05) is 7.05 Å². The fourth-order valence-electron chi connectivity index (χ4n) is 0.717. The van der Waals surface area contributed by atoms with E-state index in [-0.39, 0.29) is 18.2 Å². The zero-order valence-electron chi connectivity index (χ0n) is 6.76. The van der Waals surface area contributed by atoms with E-state index in [1.54, 1.807) is 14.0 Å². The molecule has 0 saturated carbocycles. The van der Waals surface area contributed by atoms with Crippen molar-refractivity contribution in [1.29, 1.82) is 0 Å². The second-order valence-electron chi connectivity index (χ2n) is 2.45. The Morgan fingerprint density at radius 1 is 1.55 bits per heavy atom. The van der Waals surface area contributed by atoms with Crippen LogP contribution >= 0.6 is 0 Å². The second kappa shape index (κ2) is 4.71. The first kappa shape index (κ1) is 9.94. The summed E-state index contributed by atoms with van der Waals surface area (Å²) in [5.41, 5.74) is 0. The van der Waals surface area contributed by atoms with Gasteiger partial charge in [0.25, 0.3) is 0 Å². The fraction of sp³-hybridized carbons (Fsp3) is 0.714. The number of carbonyl (C=O) groups excluding carboxylic acids is 1. The van der Waals surface area contributed by atoms with Gasteiger partial charge in [-0.2, -0.15) is 0 Å². The van der Waals surface area contributed by atoms with Gasteiger partial charge < -0.3 is 10.4 Å². The number of hydrogen-bond donors (Lipinski definition) is 2. The van der Waals surface area contributed by atoms with E-state index in [1.807, 2.05) is 0 Å². The number of carbonyl (C=O) groups is 2. The topological polar surface area (TPSA) is 66.4 Å². The quantitative estimate of drug-likeness (QED) is 0.617. The Kier molecular flexibility index (Phi) is 4.26. The van der Waals surface area contributed by atoms with Crippen LogP contribution in [-0.2, 0) is 9.59 Å². The van der Waals surface area contributed by atoms with Gasteiger partial charge >= 0.3 is 5.97 Å². The minimum atomic E-state index is -0.860. The lowest BCUT2D eigenvalue weighted by molar-refractivity contribution is -0.137. The van der Waals surface area contributed by atoms with E-state index in [0.717, 1.165) is 0 Å². The molecule has 0 spiro atoms. The summed E-state index contributed by atoms with van der Waals surface area (Å²) in [6, 6.07) is 0. The van der Waals surface area contributed by atoms with E-state index >= 15 is 0 Å². The molecule has 0 aliphatic heterocycles. The van der Waals surface area contributed by atoms with Crippen molar-refractivity contribution in [1.82, 2.24) is 5.32 Å². The average Bonchev–Trinajstić information content (AvgIpc) is 1.98. The summed E-state index contributed by atoms with van der Waals surface area (Å²) in [6.45, 7) is 1.71. The molecule has 1 amide bonds. The largest absolute Gasteiger partial charge is 0.481 e. The Bertz CT molecular complexity index is 156. The molecule has 0 aromatic heterocycles. The molecule has 0 rings (SSSR count). The smallest absolute Gasteiger partial charge is 0.303 e. The van der Waals surface area contributed by atoms with Crippen molar-refractivity contribution in [3.05, 3.63) is 0 Å². The summed E-state index contributed by atoms with van der Waals surface area (Å²) in [5, 5.41) is 10.7. The molecule has 1 atom stereocenters. The predicted octanol–water partition coefficient (Wildman–Crippen LogP) is 0.233. The second-order valence-corrected chi connectivity index (χ2v) is 2.45. The van der Waals surface area contributed by atoms with Gasteiger partial charge in [0.2, 0.25) is 5.91 Å². The normalized spacial score (nSPS) is 12.2. The Hall–Kier alpha value is -1.06. The highest BCUT2D eigenvalue weighted by atomic mass is 16.4. The average molecular weight is 159 g/mol. The number of rotatable bonds is 4. The number of aliphatic carboxylic acids is 1. The number of hydrogen-bond acceptors (Lipinski definition) is 2. The molecule has 0 fully saturated rings. The summed E-state index contributed by atoms with van der Waals surface area (Å²) in [5.74, 6) is -1.18. The van der Waals surface area contributed by atoms with E-state index in [2.05, 4.69) is 5.32 Å². The Morgan fingerprint density at radius 2 is 2.09 bits per heavy atom. The molecule has 4 heteroatoms. The monoisotopic (exact) mass is 159 g/mol. The summed E-state index contributed by atoms with van der Waals surface area (Å²) in [4.78, 5) is 20.9. The number of nitrogens with one attached hydrogen (secondary N) is 1. The molecule has 0 aromatic carbocycles. The first-order chi connectivity index (χ1) is 5.07. The molecular weight excluding hydrogens is 146 g/mol. The number of carboxylic acids is 1. The van der Waals surface area contributed by atoms with Gasteiger partial charge in [0.15, 0.2) is 0 Å². The minimum Gasteiger partial charge on any atom is -0.481 e. The number of amides is 1. The maximum absolute atomic E-state index is 10.8. The summed E-state index contributed by atoms with van der Waals surface area (Å²) < 4.78 is 0. The van der Waals surface area contributed by atoms with E-state index in [1.165, 1.54) is 0 Å². The van der Waals surface area contributed by atoms with Crippen molar-refractivity contribution in [3.8, 4) is 0 Å². The van der Waals surface area contributed by atoms with Crippen LogP contribution in [0.3, 0.4) is 0 Å². The van der Waals surface area contributed by atoms with Crippen molar-refractivity contribution >= 4 is 11.9 Å². The molecule has 0 saturated heterocycles. The van der Waals surface area contributed by atoms with Crippen LogP contribution in [0, 0.1) is 5.92 Å². The molecule has 0 radical (unpaired) electrons. The molecule has 1 unspecified atom stereocenters. The van der Waals surface area contributed by atoms with Crippen LogP contribution in [0.1, 0.15) is 19.8 Å². The standard InChI is InChI=1S/C7H13NO3/c1-5(7(11)8-2)3-4-6(9)10/h5H,3-4H2,1-2H3,(H,8,11)(H,9,10). The lowest BCUT2D eigenvalue weighted by Gasteiger charge is -2.06. The third-order valence-electron chi connectivity index (χ3n) is 1.49. The van der Waals surface area contributed by atoms with Crippen molar-refractivity contribution in [2.45, 2.75) is 19.8 Å². The maximum atomic E-state index is 10.8. The van der Waals surface area contributed by atoms with Gasteiger partial charge in [0.1, 0.15) is 0 Å². The van der Waals surface area contributed by atoms with Crippen LogP contribution in [0.15, 0.2) is 0 Å². The minimum absolute atomic E-state index is 0.0502. The van der Waals surface area contributed by atoms with Crippen LogP contribution in [0.25, 0.3) is 0 Å². The van der Waals surface area contributed by atoms with Crippen LogP contribution in [0.2, 0.25) is 0 Å². The molecule has 4 nitrogen and oxygen atoms in total.